The summed E-state index contributed by atoms with van der Waals surface area (Å²) in [5.41, 5.74) is 0. The molecule has 0 aromatic carbocycles. The van der Waals surface area contributed by atoms with Crippen LogP contribution in [0.1, 0.15) is 117 Å². The van der Waals surface area contributed by atoms with Gasteiger partial charge in [-0.3, -0.25) is 9.59 Å². The van der Waals surface area contributed by atoms with Crippen LogP contribution >= 0.6 is 0 Å². The number of carbonyl (C=O) groups is 2. The topological polar surface area (TPSA) is 55.4 Å². The van der Waals surface area contributed by atoms with Gasteiger partial charge in [0, 0.05) is 19.4 Å². The summed E-state index contributed by atoms with van der Waals surface area (Å²) in [6.07, 6.45) is 17.5. The fourth-order valence-electron chi connectivity index (χ4n) is 2.93. The fraction of sp³-hybridized carbons (Fsp3) is 0.909. The molecular formula is C22H43NO3. The number of amides is 1. The predicted octanol–water partition coefficient (Wildman–Crippen LogP) is 5.93. The first-order valence-electron chi connectivity index (χ1n) is 11.1. The maximum atomic E-state index is 11.7. The molecule has 0 heterocycles. The van der Waals surface area contributed by atoms with E-state index in [2.05, 4.69) is 19.2 Å². The van der Waals surface area contributed by atoms with Crippen LogP contribution in [0.2, 0.25) is 0 Å². The van der Waals surface area contributed by atoms with Crippen LogP contribution in [0, 0.1) is 0 Å². The third kappa shape index (κ3) is 19.3. The third-order valence-corrected chi connectivity index (χ3v) is 4.65. The molecule has 26 heavy (non-hydrogen) atoms. The van der Waals surface area contributed by atoms with Crippen molar-refractivity contribution < 1.29 is 14.3 Å². The van der Waals surface area contributed by atoms with Gasteiger partial charge < -0.3 is 10.1 Å². The van der Waals surface area contributed by atoms with Crippen molar-refractivity contribution >= 4 is 11.9 Å². The van der Waals surface area contributed by atoms with Gasteiger partial charge in [0.15, 0.2) is 0 Å². The van der Waals surface area contributed by atoms with E-state index in [0.717, 1.165) is 32.2 Å². The lowest BCUT2D eigenvalue weighted by Crippen LogP contribution is -2.24. The number of ether oxygens (including phenoxy) is 1. The largest absolute Gasteiger partial charge is 0.466 e. The Bertz CT molecular complexity index is 331. The average Bonchev–Trinajstić information content (AvgIpc) is 2.63. The summed E-state index contributed by atoms with van der Waals surface area (Å²) in [7, 11) is 0. The summed E-state index contributed by atoms with van der Waals surface area (Å²) in [5.74, 6) is -0.122. The molecule has 0 aromatic heterocycles. The Morgan fingerprint density at radius 3 is 1.81 bits per heavy atom. The van der Waals surface area contributed by atoms with E-state index in [-0.39, 0.29) is 11.9 Å². The Morgan fingerprint density at radius 2 is 1.19 bits per heavy atom. The monoisotopic (exact) mass is 369 g/mol. The minimum Gasteiger partial charge on any atom is -0.466 e. The normalized spacial score (nSPS) is 10.7. The first-order valence-corrected chi connectivity index (χ1v) is 11.1. The van der Waals surface area contributed by atoms with Crippen molar-refractivity contribution in [1.82, 2.24) is 5.32 Å². The minimum atomic E-state index is -0.177. The van der Waals surface area contributed by atoms with Crippen molar-refractivity contribution in [2.24, 2.45) is 0 Å². The SMILES string of the molecule is CCCCCCCCCCCCNC(=O)CCCC(=O)OCCCCC. The van der Waals surface area contributed by atoms with Gasteiger partial charge in [-0.05, 0) is 19.3 Å². The molecule has 4 heteroatoms. The molecule has 0 aliphatic carbocycles. The zero-order valence-corrected chi connectivity index (χ0v) is 17.5. The number of carbonyl (C=O) groups excluding carboxylic acids is 2. The molecule has 1 N–H and O–H groups in total. The Balaban J connectivity index is 3.28. The van der Waals surface area contributed by atoms with Crippen LogP contribution in [0.4, 0.5) is 0 Å². The summed E-state index contributed by atoms with van der Waals surface area (Å²) in [5, 5.41) is 2.95. The quantitative estimate of drug-likeness (QED) is 0.227. The molecule has 0 unspecified atom stereocenters. The van der Waals surface area contributed by atoms with Crippen molar-refractivity contribution in [3.8, 4) is 0 Å². The van der Waals surface area contributed by atoms with Crippen molar-refractivity contribution in [1.29, 1.82) is 0 Å². The van der Waals surface area contributed by atoms with E-state index in [1.165, 1.54) is 57.8 Å². The molecule has 154 valence electrons. The van der Waals surface area contributed by atoms with Crippen LogP contribution in [0.3, 0.4) is 0 Å². The molecule has 0 spiro atoms. The van der Waals surface area contributed by atoms with E-state index >= 15 is 0 Å². The van der Waals surface area contributed by atoms with Crippen LogP contribution in [-0.4, -0.2) is 25.0 Å². The number of hydrogen-bond acceptors (Lipinski definition) is 3. The van der Waals surface area contributed by atoms with E-state index in [9.17, 15) is 9.59 Å². The highest BCUT2D eigenvalue weighted by molar-refractivity contribution is 5.76. The maximum Gasteiger partial charge on any atom is 0.305 e. The van der Waals surface area contributed by atoms with Crippen molar-refractivity contribution in [3.63, 3.8) is 0 Å². The lowest BCUT2D eigenvalue weighted by molar-refractivity contribution is -0.143. The number of rotatable bonds is 19. The van der Waals surface area contributed by atoms with Gasteiger partial charge in [-0.25, -0.2) is 0 Å². The molecule has 0 fully saturated rings. The summed E-state index contributed by atoms with van der Waals surface area (Å²) >= 11 is 0. The molecule has 0 aliphatic heterocycles. The Labute approximate surface area is 161 Å². The van der Waals surface area contributed by atoms with Crippen molar-refractivity contribution in [2.75, 3.05) is 13.2 Å². The highest BCUT2D eigenvalue weighted by Gasteiger charge is 2.06. The number of unbranched alkanes of at least 4 members (excludes halogenated alkanes) is 11. The van der Waals surface area contributed by atoms with E-state index in [1.54, 1.807) is 0 Å². The summed E-state index contributed by atoms with van der Waals surface area (Å²) in [6.45, 7) is 5.65. The standard InChI is InChI=1S/C22H43NO3/c1-3-5-7-8-9-10-11-12-13-14-19-23-21(24)17-16-18-22(25)26-20-15-6-4-2/h3-20H2,1-2H3,(H,23,24). The van der Waals surface area contributed by atoms with Gasteiger partial charge in [0.05, 0.1) is 6.61 Å². The second kappa shape index (κ2) is 20.3. The average molecular weight is 370 g/mol. The van der Waals surface area contributed by atoms with Crippen molar-refractivity contribution in [2.45, 2.75) is 117 Å². The molecule has 0 aliphatic rings. The maximum absolute atomic E-state index is 11.7. The fourth-order valence-corrected chi connectivity index (χ4v) is 2.93. The molecule has 4 nitrogen and oxygen atoms in total. The van der Waals surface area contributed by atoms with Crippen LogP contribution in [0.5, 0.6) is 0 Å². The Hall–Kier alpha value is -1.06. The van der Waals surface area contributed by atoms with Gasteiger partial charge in [-0.1, -0.05) is 84.5 Å². The van der Waals surface area contributed by atoms with Gasteiger partial charge in [0.25, 0.3) is 0 Å². The Kier molecular flexibility index (Phi) is 19.4. The smallest absolute Gasteiger partial charge is 0.305 e. The third-order valence-electron chi connectivity index (χ3n) is 4.65. The van der Waals surface area contributed by atoms with Gasteiger partial charge in [0.2, 0.25) is 5.91 Å². The predicted molar refractivity (Wildman–Crippen MR) is 109 cm³/mol. The lowest BCUT2D eigenvalue weighted by Gasteiger charge is -2.06. The lowest BCUT2D eigenvalue weighted by atomic mass is 10.1. The minimum absolute atomic E-state index is 0.0553. The van der Waals surface area contributed by atoms with Crippen LogP contribution in [0.15, 0.2) is 0 Å². The van der Waals surface area contributed by atoms with E-state index in [1.807, 2.05) is 0 Å². The second-order valence-electron chi connectivity index (χ2n) is 7.31. The zero-order chi connectivity index (χ0) is 19.3. The molecule has 0 atom stereocenters. The number of hydrogen-bond donors (Lipinski definition) is 1. The highest BCUT2D eigenvalue weighted by atomic mass is 16.5. The van der Waals surface area contributed by atoms with Gasteiger partial charge in [-0.15, -0.1) is 0 Å². The van der Waals surface area contributed by atoms with E-state index in [4.69, 9.17) is 4.74 Å². The summed E-state index contributed by atoms with van der Waals surface area (Å²) in [6, 6.07) is 0. The molecule has 0 aromatic rings. The van der Waals surface area contributed by atoms with Crippen LogP contribution in [0.25, 0.3) is 0 Å². The van der Waals surface area contributed by atoms with E-state index < -0.39 is 0 Å². The van der Waals surface area contributed by atoms with Gasteiger partial charge >= 0.3 is 5.97 Å². The highest BCUT2D eigenvalue weighted by Crippen LogP contribution is 2.10. The molecule has 0 saturated carbocycles. The summed E-state index contributed by atoms with van der Waals surface area (Å²) < 4.78 is 5.13. The van der Waals surface area contributed by atoms with Crippen LogP contribution in [-0.2, 0) is 14.3 Å². The van der Waals surface area contributed by atoms with Gasteiger partial charge in [-0.2, -0.15) is 0 Å². The van der Waals surface area contributed by atoms with E-state index in [0.29, 0.717) is 25.9 Å². The molecule has 0 bridgehead atoms. The zero-order valence-electron chi connectivity index (χ0n) is 17.5. The molecule has 0 saturated heterocycles. The Morgan fingerprint density at radius 1 is 0.654 bits per heavy atom. The molecule has 0 radical (unpaired) electrons. The number of nitrogens with one attached hydrogen (secondary N) is 1. The molecule has 0 rings (SSSR count). The summed E-state index contributed by atoms with van der Waals surface area (Å²) in [4.78, 5) is 23.2. The first-order chi connectivity index (χ1) is 12.7. The second-order valence-corrected chi connectivity index (χ2v) is 7.31. The first kappa shape index (κ1) is 24.9. The van der Waals surface area contributed by atoms with Crippen molar-refractivity contribution in [3.05, 3.63) is 0 Å². The molecular weight excluding hydrogens is 326 g/mol. The van der Waals surface area contributed by atoms with Gasteiger partial charge in [0.1, 0.15) is 0 Å². The molecule has 1 amide bonds. The number of esters is 1. The van der Waals surface area contributed by atoms with Crippen LogP contribution < -0.4 is 5.32 Å².